The molecule has 0 atom stereocenters. The maximum Gasteiger partial charge on any atom is 0.268 e. The summed E-state index contributed by atoms with van der Waals surface area (Å²) in [6.07, 6.45) is 0.249. The summed E-state index contributed by atoms with van der Waals surface area (Å²) in [6.45, 7) is 1.50. The summed E-state index contributed by atoms with van der Waals surface area (Å²) in [4.78, 5) is 31.6. The van der Waals surface area contributed by atoms with E-state index in [0.29, 0.717) is 15.7 Å². The molecule has 0 saturated heterocycles. The molecule has 1 heterocycles. The van der Waals surface area contributed by atoms with Crippen LogP contribution in [0.1, 0.15) is 22.2 Å². The zero-order valence-electron chi connectivity index (χ0n) is 15.6. The zero-order chi connectivity index (χ0) is 20.1. The monoisotopic (exact) mass is 392 g/mol. The lowest BCUT2D eigenvalue weighted by molar-refractivity contribution is -0.117. The van der Waals surface area contributed by atoms with Crippen molar-refractivity contribution in [2.75, 3.05) is 11.9 Å². The lowest BCUT2D eigenvalue weighted by Gasteiger charge is -2.13. The van der Waals surface area contributed by atoms with Crippen LogP contribution in [0, 0.1) is 5.41 Å². The highest BCUT2D eigenvalue weighted by atomic mass is 32.1. The van der Waals surface area contributed by atoms with Gasteiger partial charge in [0.25, 0.3) is 5.91 Å². The summed E-state index contributed by atoms with van der Waals surface area (Å²) in [5.41, 5.74) is 2.19. The minimum absolute atomic E-state index is 0.0486. The van der Waals surface area contributed by atoms with Crippen molar-refractivity contribution in [3.8, 4) is 11.3 Å². The molecule has 0 bridgehead atoms. The third kappa shape index (κ3) is 4.50. The van der Waals surface area contributed by atoms with E-state index in [-0.39, 0.29) is 18.2 Å². The van der Waals surface area contributed by atoms with Crippen molar-refractivity contribution in [3.63, 3.8) is 0 Å². The molecule has 142 valence electrons. The molecule has 0 spiro atoms. The van der Waals surface area contributed by atoms with Crippen LogP contribution in [0.4, 0.5) is 5.13 Å². The van der Waals surface area contributed by atoms with Gasteiger partial charge in [0.1, 0.15) is 4.88 Å². The molecule has 0 saturated carbocycles. The van der Waals surface area contributed by atoms with E-state index in [9.17, 15) is 9.59 Å². The van der Waals surface area contributed by atoms with Crippen molar-refractivity contribution in [2.45, 2.75) is 13.3 Å². The number of carbonyl (C=O) groups excluding carboxylic acids is 2. The highest BCUT2D eigenvalue weighted by molar-refractivity contribution is 7.18. The lowest BCUT2D eigenvalue weighted by atomic mass is 10.1. The Morgan fingerprint density at radius 2 is 1.68 bits per heavy atom. The van der Waals surface area contributed by atoms with E-state index < -0.39 is 5.91 Å². The molecule has 6 nitrogen and oxygen atoms in total. The Hall–Kier alpha value is -3.32. The predicted molar refractivity (Wildman–Crippen MR) is 112 cm³/mol. The van der Waals surface area contributed by atoms with E-state index in [1.165, 1.54) is 11.8 Å². The number of hydrogen-bond acceptors (Lipinski definition) is 5. The Labute approximate surface area is 167 Å². The molecule has 2 N–H and O–H groups in total. The topological polar surface area (TPSA) is 86.2 Å². The number of benzene rings is 2. The normalized spacial score (nSPS) is 10.4. The summed E-state index contributed by atoms with van der Waals surface area (Å²) in [6, 6.07) is 18.8. The van der Waals surface area contributed by atoms with Crippen LogP contribution in [0.15, 0.2) is 60.7 Å². The molecule has 28 heavy (non-hydrogen) atoms. The van der Waals surface area contributed by atoms with Gasteiger partial charge in [-0.05, 0) is 12.5 Å². The van der Waals surface area contributed by atoms with Crippen LogP contribution in [0.3, 0.4) is 0 Å². The van der Waals surface area contributed by atoms with Crippen LogP contribution in [-0.2, 0) is 11.2 Å². The molecule has 3 rings (SSSR count). The predicted octanol–water partition coefficient (Wildman–Crippen LogP) is 3.74. The fourth-order valence-corrected chi connectivity index (χ4v) is 3.58. The molecule has 2 amide bonds. The maximum atomic E-state index is 12.7. The average molecular weight is 392 g/mol. The fraction of sp³-hybridized carbons (Fsp3) is 0.143. The van der Waals surface area contributed by atoms with Crippen LogP contribution in [0.2, 0.25) is 0 Å². The Morgan fingerprint density at radius 1 is 1.07 bits per heavy atom. The minimum Gasteiger partial charge on any atom is -0.310 e. The molecule has 0 aliphatic carbocycles. The van der Waals surface area contributed by atoms with E-state index in [0.717, 1.165) is 22.5 Å². The Kier molecular flexibility index (Phi) is 5.96. The number of anilines is 1. The summed E-state index contributed by atoms with van der Waals surface area (Å²) >= 11 is 1.14. The first kappa shape index (κ1) is 19.4. The van der Waals surface area contributed by atoms with Gasteiger partial charge in [-0.25, -0.2) is 4.98 Å². The van der Waals surface area contributed by atoms with Gasteiger partial charge in [-0.15, -0.1) is 0 Å². The van der Waals surface area contributed by atoms with Gasteiger partial charge < -0.3 is 5.32 Å². The van der Waals surface area contributed by atoms with E-state index >= 15 is 0 Å². The molecule has 0 radical (unpaired) electrons. The zero-order valence-corrected chi connectivity index (χ0v) is 16.4. The summed E-state index contributed by atoms with van der Waals surface area (Å²) < 4.78 is 0. The first-order valence-electron chi connectivity index (χ1n) is 8.69. The standard InChI is InChI=1S/C21H20N4O2S/c1-14(22)23-20(27)19-18(16-11-7-4-8-12-16)24-21(28-19)25(2)17(26)13-15-9-5-3-6-10-15/h3-12H,13H2,1-2H3,(H2,22,23,27). The number of nitrogens with zero attached hydrogens (tertiary/aromatic N) is 2. The molecule has 3 aromatic rings. The number of thiazole rings is 1. The number of hydrogen-bond donors (Lipinski definition) is 2. The largest absolute Gasteiger partial charge is 0.310 e. The second-order valence-corrected chi connectivity index (χ2v) is 7.21. The van der Waals surface area contributed by atoms with Gasteiger partial charge in [-0.3, -0.25) is 19.9 Å². The first-order valence-corrected chi connectivity index (χ1v) is 9.50. The van der Waals surface area contributed by atoms with Gasteiger partial charge >= 0.3 is 0 Å². The van der Waals surface area contributed by atoms with Gasteiger partial charge in [0.05, 0.1) is 18.0 Å². The van der Waals surface area contributed by atoms with Crippen molar-refractivity contribution in [1.82, 2.24) is 10.3 Å². The van der Waals surface area contributed by atoms with Crippen molar-refractivity contribution >= 4 is 34.1 Å². The van der Waals surface area contributed by atoms with Gasteiger partial charge in [-0.2, -0.15) is 0 Å². The van der Waals surface area contributed by atoms with Gasteiger partial charge in [-0.1, -0.05) is 72.0 Å². The number of nitrogens with one attached hydrogen (secondary N) is 2. The van der Waals surface area contributed by atoms with Gasteiger partial charge in [0, 0.05) is 12.6 Å². The smallest absolute Gasteiger partial charge is 0.268 e. The second kappa shape index (κ2) is 8.58. The number of amides is 2. The third-order valence-electron chi connectivity index (χ3n) is 4.03. The Morgan fingerprint density at radius 3 is 2.29 bits per heavy atom. The van der Waals surface area contributed by atoms with E-state index in [1.807, 2.05) is 60.7 Å². The molecule has 0 unspecified atom stereocenters. The van der Waals surface area contributed by atoms with Gasteiger partial charge in [0.15, 0.2) is 5.13 Å². The molecule has 7 heteroatoms. The quantitative estimate of drug-likeness (QED) is 0.512. The lowest BCUT2D eigenvalue weighted by Crippen LogP contribution is -2.28. The molecule has 0 fully saturated rings. The Bertz CT molecular complexity index is 1000. The van der Waals surface area contributed by atoms with Crippen LogP contribution < -0.4 is 10.2 Å². The number of aromatic nitrogens is 1. The van der Waals surface area contributed by atoms with Crippen molar-refractivity contribution in [3.05, 3.63) is 71.1 Å². The van der Waals surface area contributed by atoms with Crippen LogP contribution in [0.25, 0.3) is 11.3 Å². The van der Waals surface area contributed by atoms with Crippen molar-refractivity contribution in [2.24, 2.45) is 0 Å². The molecular formula is C21H20N4O2S. The Balaban J connectivity index is 1.92. The fourth-order valence-electron chi connectivity index (χ4n) is 2.62. The molecule has 0 aliphatic rings. The minimum atomic E-state index is -0.404. The first-order chi connectivity index (χ1) is 13.5. The summed E-state index contributed by atoms with van der Waals surface area (Å²) in [7, 11) is 1.66. The molecule has 2 aromatic carbocycles. The van der Waals surface area contributed by atoms with E-state index in [4.69, 9.17) is 5.41 Å². The van der Waals surface area contributed by atoms with Gasteiger partial charge in [0.2, 0.25) is 5.91 Å². The average Bonchev–Trinajstić information content (AvgIpc) is 3.14. The van der Waals surface area contributed by atoms with Crippen LogP contribution in [-0.4, -0.2) is 29.7 Å². The van der Waals surface area contributed by atoms with E-state index in [2.05, 4.69) is 10.3 Å². The van der Waals surface area contributed by atoms with Crippen LogP contribution >= 0.6 is 11.3 Å². The number of carbonyl (C=O) groups is 2. The third-order valence-corrected chi connectivity index (χ3v) is 5.16. The molecular weight excluding hydrogens is 372 g/mol. The summed E-state index contributed by atoms with van der Waals surface area (Å²) in [5.74, 6) is -0.471. The number of likely N-dealkylation sites (N-methyl/N-ethyl adjacent to an activating group) is 1. The van der Waals surface area contributed by atoms with Crippen LogP contribution in [0.5, 0.6) is 0 Å². The highest BCUT2D eigenvalue weighted by Crippen LogP contribution is 2.33. The number of rotatable bonds is 5. The van der Waals surface area contributed by atoms with E-state index in [1.54, 1.807) is 7.05 Å². The SMILES string of the molecule is CC(=N)NC(=O)c1sc(N(C)C(=O)Cc2ccccc2)nc1-c1ccccc1. The maximum absolute atomic E-state index is 12.7. The van der Waals surface area contributed by atoms with Crippen molar-refractivity contribution in [1.29, 1.82) is 5.41 Å². The highest BCUT2D eigenvalue weighted by Gasteiger charge is 2.23. The molecule has 1 aromatic heterocycles. The summed E-state index contributed by atoms with van der Waals surface area (Å²) in [5, 5.41) is 10.5. The number of amidine groups is 1. The molecule has 0 aliphatic heterocycles. The second-order valence-electron chi connectivity index (χ2n) is 6.23. The van der Waals surface area contributed by atoms with Crippen molar-refractivity contribution < 1.29 is 9.59 Å².